The molecule has 5 heteroatoms. The second-order valence-electron chi connectivity index (χ2n) is 3.63. The molecule has 0 aromatic heterocycles. The second kappa shape index (κ2) is 5.45. The van der Waals surface area contributed by atoms with Gasteiger partial charge in [0.25, 0.3) is 0 Å². The van der Waals surface area contributed by atoms with E-state index in [4.69, 9.17) is 4.74 Å². The average molecular weight is 233 g/mol. The van der Waals surface area contributed by atoms with E-state index in [1.807, 2.05) is 0 Å². The third-order valence-electron chi connectivity index (χ3n) is 2.45. The van der Waals surface area contributed by atoms with E-state index in [2.05, 4.69) is 11.4 Å². The van der Waals surface area contributed by atoms with Gasteiger partial charge in [-0.1, -0.05) is 18.2 Å². The van der Waals surface area contributed by atoms with Crippen molar-refractivity contribution in [3.05, 3.63) is 30.3 Å². The first-order valence-electron chi connectivity index (χ1n) is 5.42. The van der Waals surface area contributed by atoms with Gasteiger partial charge in [0.05, 0.1) is 13.2 Å². The summed E-state index contributed by atoms with van der Waals surface area (Å²) in [5.41, 5.74) is 0.499. The third kappa shape index (κ3) is 3.04. The van der Waals surface area contributed by atoms with E-state index >= 15 is 0 Å². The molecule has 1 saturated heterocycles. The highest BCUT2D eigenvalue weighted by molar-refractivity contribution is 6.39. The van der Waals surface area contributed by atoms with Gasteiger partial charge in [0.2, 0.25) is 0 Å². The largest absolute Gasteiger partial charge is 0.378 e. The Morgan fingerprint density at radius 1 is 1.29 bits per heavy atom. The first kappa shape index (κ1) is 11.6. The van der Waals surface area contributed by atoms with Gasteiger partial charge in [-0.15, -0.1) is 0 Å². The number of ether oxygens (including phenoxy) is 1. The molecular formula is C12H13N2O3. The number of carbonyl (C=O) groups excluding carboxylic acids is 2. The first-order valence-corrected chi connectivity index (χ1v) is 5.42. The van der Waals surface area contributed by atoms with Gasteiger partial charge < -0.3 is 15.0 Å². The van der Waals surface area contributed by atoms with Crippen LogP contribution in [0.3, 0.4) is 0 Å². The number of hydrogen-bond donors (Lipinski definition) is 1. The topological polar surface area (TPSA) is 58.6 Å². The van der Waals surface area contributed by atoms with Crippen LogP contribution in [0, 0.1) is 6.07 Å². The quantitative estimate of drug-likeness (QED) is 0.709. The predicted molar refractivity (Wildman–Crippen MR) is 61.3 cm³/mol. The number of nitrogens with zero attached hydrogens (tertiary/aromatic N) is 1. The molecule has 1 fully saturated rings. The summed E-state index contributed by atoms with van der Waals surface area (Å²) in [6, 6.07) is 9.75. The van der Waals surface area contributed by atoms with Crippen molar-refractivity contribution in [2.45, 2.75) is 0 Å². The molecule has 1 aliphatic rings. The predicted octanol–water partition coefficient (Wildman–Crippen LogP) is 0.284. The minimum Gasteiger partial charge on any atom is -0.378 e. The second-order valence-corrected chi connectivity index (χ2v) is 3.63. The average Bonchev–Trinajstić information content (AvgIpc) is 2.40. The molecule has 2 rings (SSSR count). The van der Waals surface area contributed by atoms with E-state index in [1.165, 1.54) is 4.90 Å². The summed E-state index contributed by atoms with van der Waals surface area (Å²) in [7, 11) is 0. The molecule has 0 unspecified atom stereocenters. The first-order chi connectivity index (χ1) is 8.27. The van der Waals surface area contributed by atoms with Gasteiger partial charge in [-0.25, -0.2) is 0 Å². The zero-order valence-electron chi connectivity index (χ0n) is 9.31. The van der Waals surface area contributed by atoms with E-state index in [9.17, 15) is 9.59 Å². The van der Waals surface area contributed by atoms with E-state index in [1.54, 1.807) is 24.3 Å². The van der Waals surface area contributed by atoms with Crippen LogP contribution in [0.25, 0.3) is 0 Å². The zero-order chi connectivity index (χ0) is 12.1. The van der Waals surface area contributed by atoms with Crippen LogP contribution >= 0.6 is 0 Å². The van der Waals surface area contributed by atoms with Crippen molar-refractivity contribution < 1.29 is 14.3 Å². The number of anilines is 1. The van der Waals surface area contributed by atoms with Crippen molar-refractivity contribution in [3.8, 4) is 0 Å². The summed E-state index contributed by atoms with van der Waals surface area (Å²) in [5, 5.41) is 2.51. The molecule has 0 atom stereocenters. The standard InChI is InChI=1S/C12H13N2O3/c15-11(13-10-4-2-1-3-5-10)12(16)14-6-8-17-9-7-14/h1-4H,6-9H2,(H,13,15). The Labute approximate surface area is 99.4 Å². The van der Waals surface area contributed by atoms with Crippen LogP contribution in [-0.2, 0) is 14.3 Å². The number of benzene rings is 1. The van der Waals surface area contributed by atoms with Crippen LogP contribution in [0.5, 0.6) is 0 Å². The number of morpholine rings is 1. The Morgan fingerprint density at radius 2 is 2.06 bits per heavy atom. The molecule has 2 amide bonds. The molecule has 1 radical (unpaired) electrons. The van der Waals surface area contributed by atoms with E-state index < -0.39 is 11.8 Å². The van der Waals surface area contributed by atoms with Gasteiger partial charge in [-0.2, -0.15) is 0 Å². The van der Waals surface area contributed by atoms with Crippen LogP contribution in [-0.4, -0.2) is 43.0 Å². The summed E-state index contributed by atoms with van der Waals surface area (Å²) < 4.78 is 5.12. The van der Waals surface area contributed by atoms with Gasteiger partial charge in [-0.05, 0) is 6.07 Å². The fourth-order valence-corrected chi connectivity index (χ4v) is 1.56. The number of rotatable bonds is 1. The van der Waals surface area contributed by atoms with E-state index in [0.717, 1.165) is 0 Å². The fraction of sp³-hybridized carbons (Fsp3) is 0.333. The molecule has 0 spiro atoms. The fourth-order valence-electron chi connectivity index (χ4n) is 1.56. The molecule has 1 aromatic rings. The van der Waals surface area contributed by atoms with Crippen LogP contribution < -0.4 is 5.32 Å². The monoisotopic (exact) mass is 233 g/mol. The summed E-state index contributed by atoms with van der Waals surface area (Å²) in [5.74, 6) is -1.15. The van der Waals surface area contributed by atoms with Gasteiger partial charge >= 0.3 is 11.8 Å². The van der Waals surface area contributed by atoms with Crippen LogP contribution in [0.15, 0.2) is 24.3 Å². The van der Waals surface area contributed by atoms with Crippen LogP contribution in [0.1, 0.15) is 0 Å². The molecule has 5 nitrogen and oxygen atoms in total. The number of hydrogen-bond acceptors (Lipinski definition) is 3. The number of carbonyl (C=O) groups is 2. The van der Waals surface area contributed by atoms with Gasteiger partial charge in [0.1, 0.15) is 0 Å². The highest BCUT2D eigenvalue weighted by atomic mass is 16.5. The molecule has 0 saturated carbocycles. The van der Waals surface area contributed by atoms with E-state index in [-0.39, 0.29) is 0 Å². The highest BCUT2D eigenvalue weighted by Gasteiger charge is 2.23. The van der Waals surface area contributed by atoms with Crippen molar-refractivity contribution in [2.75, 3.05) is 31.6 Å². The summed E-state index contributed by atoms with van der Waals surface area (Å²) in [6.45, 7) is 1.89. The Balaban J connectivity index is 1.93. The third-order valence-corrected chi connectivity index (χ3v) is 2.45. The molecule has 1 aliphatic heterocycles. The van der Waals surface area contributed by atoms with Gasteiger partial charge in [-0.3, -0.25) is 9.59 Å². The molecule has 17 heavy (non-hydrogen) atoms. The number of nitrogens with one attached hydrogen (secondary N) is 1. The smallest absolute Gasteiger partial charge is 0.313 e. The van der Waals surface area contributed by atoms with Gasteiger partial charge in [0, 0.05) is 24.8 Å². The van der Waals surface area contributed by atoms with Crippen molar-refractivity contribution in [1.29, 1.82) is 0 Å². The molecule has 89 valence electrons. The zero-order valence-corrected chi connectivity index (χ0v) is 9.31. The molecule has 0 bridgehead atoms. The number of para-hydroxylation sites is 1. The summed E-state index contributed by atoms with van der Waals surface area (Å²) >= 11 is 0. The minimum atomic E-state index is -0.630. The SMILES string of the molecule is O=C(Nc1[c]cccc1)C(=O)N1CCOCC1. The maximum atomic E-state index is 11.7. The van der Waals surface area contributed by atoms with Crippen LogP contribution in [0.2, 0.25) is 0 Å². The highest BCUT2D eigenvalue weighted by Crippen LogP contribution is 2.05. The Hall–Kier alpha value is -1.88. The summed E-state index contributed by atoms with van der Waals surface area (Å²) in [6.07, 6.45) is 0. The molecule has 1 N–H and O–H groups in total. The van der Waals surface area contributed by atoms with E-state index in [0.29, 0.717) is 32.0 Å². The summed E-state index contributed by atoms with van der Waals surface area (Å²) in [4.78, 5) is 24.9. The Morgan fingerprint density at radius 3 is 2.71 bits per heavy atom. The van der Waals surface area contributed by atoms with Crippen LogP contribution in [0.4, 0.5) is 5.69 Å². The van der Waals surface area contributed by atoms with Crippen molar-refractivity contribution in [3.63, 3.8) is 0 Å². The Kier molecular flexibility index (Phi) is 3.72. The molecular weight excluding hydrogens is 220 g/mol. The normalized spacial score (nSPS) is 15.4. The lowest BCUT2D eigenvalue weighted by molar-refractivity contribution is -0.145. The maximum Gasteiger partial charge on any atom is 0.313 e. The molecule has 1 aromatic carbocycles. The minimum absolute atomic E-state index is 0.463. The lowest BCUT2D eigenvalue weighted by Crippen LogP contribution is -2.45. The Bertz CT molecular complexity index is 399. The van der Waals surface area contributed by atoms with Gasteiger partial charge in [0.15, 0.2) is 0 Å². The van der Waals surface area contributed by atoms with Crippen molar-refractivity contribution in [2.24, 2.45) is 0 Å². The lowest BCUT2D eigenvalue weighted by atomic mass is 10.3. The maximum absolute atomic E-state index is 11.7. The van der Waals surface area contributed by atoms with Crippen molar-refractivity contribution in [1.82, 2.24) is 4.90 Å². The molecule has 1 heterocycles. The lowest BCUT2D eigenvalue weighted by Gasteiger charge is -2.26. The molecule has 0 aliphatic carbocycles. The van der Waals surface area contributed by atoms with Crippen molar-refractivity contribution >= 4 is 17.5 Å². The number of amides is 2.